The lowest BCUT2D eigenvalue weighted by Gasteiger charge is -2.36. The normalized spacial score (nSPS) is 17.8. The monoisotopic (exact) mass is 570 g/mol. The molecule has 1 aliphatic carbocycles. The van der Waals surface area contributed by atoms with Crippen molar-refractivity contribution in [2.45, 2.75) is 32.6 Å². The number of benzene rings is 1. The van der Waals surface area contributed by atoms with Crippen molar-refractivity contribution in [3.8, 4) is 0 Å². The Hall–Kier alpha value is -2.04. The quantitative estimate of drug-likeness (QED) is 0.299. The van der Waals surface area contributed by atoms with E-state index in [-0.39, 0.29) is 47.8 Å². The molecule has 184 valence electrons. The van der Waals surface area contributed by atoms with E-state index in [9.17, 15) is 9.59 Å². The SMILES string of the molecule is CCNC(=NCC(=O)N1CCN(c2ccccc2)CC1)NCC1(C(=O)N(C)C)CCCC1.I. The molecule has 33 heavy (non-hydrogen) atoms. The summed E-state index contributed by atoms with van der Waals surface area (Å²) in [5, 5.41) is 6.55. The number of carbonyl (C=O) groups excluding carboxylic acids is 2. The van der Waals surface area contributed by atoms with Gasteiger partial charge in [-0.1, -0.05) is 31.0 Å². The van der Waals surface area contributed by atoms with E-state index in [2.05, 4.69) is 32.7 Å². The predicted octanol–water partition coefficient (Wildman–Crippen LogP) is 2.16. The number of guanidine groups is 1. The standard InChI is InChI=1S/C24H38N6O2.HI/c1-4-25-23(27-19-24(12-8-9-13-24)22(32)28(2)3)26-18-21(31)30-16-14-29(15-17-30)20-10-6-5-7-11-20;/h5-7,10-11H,4,8-9,12-19H2,1-3H3,(H2,25,26,27);1H. The second kappa shape index (κ2) is 13.0. The van der Waals surface area contributed by atoms with Crippen LogP contribution in [0.2, 0.25) is 0 Å². The van der Waals surface area contributed by atoms with E-state index >= 15 is 0 Å². The number of hydrogen-bond acceptors (Lipinski definition) is 4. The van der Waals surface area contributed by atoms with E-state index in [1.165, 1.54) is 5.69 Å². The number of anilines is 1. The van der Waals surface area contributed by atoms with Crippen LogP contribution >= 0.6 is 24.0 Å². The maximum atomic E-state index is 12.8. The van der Waals surface area contributed by atoms with Gasteiger partial charge in [0, 0.05) is 59.1 Å². The van der Waals surface area contributed by atoms with Crippen LogP contribution in [0.4, 0.5) is 5.69 Å². The second-order valence-corrected chi connectivity index (χ2v) is 8.94. The first-order valence-corrected chi connectivity index (χ1v) is 11.8. The summed E-state index contributed by atoms with van der Waals surface area (Å²) in [6, 6.07) is 10.3. The van der Waals surface area contributed by atoms with E-state index in [0.717, 1.165) is 38.8 Å². The van der Waals surface area contributed by atoms with Gasteiger partial charge in [0.1, 0.15) is 6.54 Å². The zero-order chi connectivity index (χ0) is 23.0. The molecule has 2 amide bonds. The third-order valence-corrected chi connectivity index (χ3v) is 6.49. The van der Waals surface area contributed by atoms with Gasteiger partial charge in [0.25, 0.3) is 0 Å². The zero-order valence-electron chi connectivity index (χ0n) is 20.2. The Morgan fingerprint density at radius 3 is 2.24 bits per heavy atom. The fourth-order valence-corrected chi connectivity index (χ4v) is 4.69. The van der Waals surface area contributed by atoms with E-state index in [4.69, 9.17) is 0 Å². The van der Waals surface area contributed by atoms with E-state index in [1.807, 2.05) is 44.1 Å². The molecule has 0 bridgehead atoms. The number of aliphatic imine (C=N–C) groups is 1. The van der Waals surface area contributed by atoms with Crippen molar-refractivity contribution in [3.05, 3.63) is 30.3 Å². The number of halogens is 1. The van der Waals surface area contributed by atoms with Crippen LogP contribution in [0, 0.1) is 5.41 Å². The summed E-state index contributed by atoms with van der Waals surface area (Å²) in [4.78, 5) is 36.0. The lowest BCUT2D eigenvalue weighted by molar-refractivity contribution is -0.139. The largest absolute Gasteiger partial charge is 0.368 e. The van der Waals surface area contributed by atoms with Crippen molar-refractivity contribution >= 4 is 47.4 Å². The van der Waals surface area contributed by atoms with Gasteiger partial charge in [-0.3, -0.25) is 9.59 Å². The average molecular weight is 571 g/mol. The summed E-state index contributed by atoms with van der Waals surface area (Å²) in [5.74, 6) is 0.808. The number of rotatable bonds is 7. The number of hydrogen-bond donors (Lipinski definition) is 2. The highest BCUT2D eigenvalue weighted by atomic mass is 127. The third kappa shape index (κ3) is 7.22. The van der Waals surface area contributed by atoms with Gasteiger partial charge >= 0.3 is 0 Å². The Morgan fingerprint density at radius 1 is 1.03 bits per heavy atom. The fraction of sp³-hybridized carbons (Fsp3) is 0.625. The van der Waals surface area contributed by atoms with Crippen LogP contribution in [0.3, 0.4) is 0 Å². The molecule has 0 atom stereocenters. The van der Waals surface area contributed by atoms with Crippen molar-refractivity contribution in [3.63, 3.8) is 0 Å². The summed E-state index contributed by atoms with van der Waals surface area (Å²) in [6.45, 7) is 6.40. The van der Waals surface area contributed by atoms with E-state index in [1.54, 1.807) is 4.90 Å². The molecule has 0 radical (unpaired) electrons. The number of carbonyl (C=O) groups is 2. The fourth-order valence-electron chi connectivity index (χ4n) is 4.69. The molecule has 2 N–H and O–H groups in total. The first kappa shape index (κ1) is 27.2. The minimum Gasteiger partial charge on any atom is -0.368 e. The van der Waals surface area contributed by atoms with Crippen molar-refractivity contribution in [2.24, 2.45) is 10.4 Å². The molecule has 0 unspecified atom stereocenters. The highest BCUT2D eigenvalue weighted by molar-refractivity contribution is 14.0. The van der Waals surface area contributed by atoms with Gasteiger partial charge in [-0.2, -0.15) is 0 Å². The highest BCUT2D eigenvalue weighted by Gasteiger charge is 2.42. The third-order valence-electron chi connectivity index (χ3n) is 6.49. The Labute approximate surface area is 215 Å². The minimum atomic E-state index is -0.378. The second-order valence-electron chi connectivity index (χ2n) is 8.94. The number of piperazine rings is 1. The van der Waals surface area contributed by atoms with Crippen LogP contribution in [-0.2, 0) is 9.59 Å². The summed E-state index contributed by atoms with van der Waals surface area (Å²) in [5.41, 5.74) is 0.821. The molecule has 1 aliphatic heterocycles. The van der Waals surface area contributed by atoms with Crippen LogP contribution in [0.25, 0.3) is 0 Å². The minimum absolute atomic E-state index is 0. The molecule has 8 nitrogen and oxygen atoms in total. The Morgan fingerprint density at radius 2 is 1.67 bits per heavy atom. The van der Waals surface area contributed by atoms with E-state index in [0.29, 0.717) is 32.1 Å². The van der Waals surface area contributed by atoms with Crippen LogP contribution in [0.15, 0.2) is 35.3 Å². The molecular weight excluding hydrogens is 531 g/mol. The van der Waals surface area contributed by atoms with Crippen molar-refractivity contribution in [1.29, 1.82) is 0 Å². The zero-order valence-corrected chi connectivity index (χ0v) is 22.5. The average Bonchev–Trinajstić information content (AvgIpc) is 3.31. The molecule has 1 saturated heterocycles. The van der Waals surface area contributed by atoms with Crippen molar-refractivity contribution in [1.82, 2.24) is 20.4 Å². The van der Waals surface area contributed by atoms with Crippen molar-refractivity contribution < 1.29 is 9.59 Å². The first-order valence-electron chi connectivity index (χ1n) is 11.8. The molecule has 1 saturated carbocycles. The summed E-state index contributed by atoms with van der Waals surface area (Å²) >= 11 is 0. The van der Waals surface area contributed by atoms with Gasteiger partial charge in [0.05, 0.1) is 5.41 Å². The summed E-state index contributed by atoms with van der Waals surface area (Å²) in [6.07, 6.45) is 3.92. The Bertz CT molecular complexity index is 787. The van der Waals surface area contributed by atoms with Gasteiger partial charge < -0.3 is 25.3 Å². The van der Waals surface area contributed by atoms with Crippen LogP contribution in [-0.4, -0.2) is 87.5 Å². The molecule has 2 fully saturated rings. The van der Waals surface area contributed by atoms with E-state index < -0.39 is 0 Å². The predicted molar refractivity (Wildman–Crippen MR) is 144 cm³/mol. The summed E-state index contributed by atoms with van der Waals surface area (Å²) < 4.78 is 0. The molecule has 3 rings (SSSR count). The molecule has 1 aromatic rings. The first-order chi connectivity index (χ1) is 15.4. The summed E-state index contributed by atoms with van der Waals surface area (Å²) in [7, 11) is 3.63. The molecule has 9 heteroatoms. The Balaban J connectivity index is 0.00000385. The molecule has 1 aromatic carbocycles. The van der Waals surface area contributed by atoms with Crippen LogP contribution < -0.4 is 15.5 Å². The number of nitrogens with zero attached hydrogens (tertiary/aromatic N) is 4. The lowest BCUT2D eigenvalue weighted by Crippen LogP contribution is -2.50. The molecule has 0 aromatic heterocycles. The molecule has 1 heterocycles. The maximum Gasteiger partial charge on any atom is 0.244 e. The van der Waals surface area contributed by atoms with Crippen LogP contribution in [0.5, 0.6) is 0 Å². The number of nitrogens with one attached hydrogen (secondary N) is 2. The van der Waals surface area contributed by atoms with Crippen molar-refractivity contribution in [2.75, 3.05) is 64.8 Å². The van der Waals surface area contributed by atoms with Crippen LogP contribution in [0.1, 0.15) is 32.6 Å². The van der Waals surface area contributed by atoms with Gasteiger partial charge in [-0.25, -0.2) is 4.99 Å². The molecule has 2 aliphatic rings. The maximum absolute atomic E-state index is 12.8. The van der Waals surface area contributed by atoms with Gasteiger partial charge in [-0.05, 0) is 31.9 Å². The molecule has 0 spiro atoms. The smallest absolute Gasteiger partial charge is 0.244 e. The highest BCUT2D eigenvalue weighted by Crippen LogP contribution is 2.38. The number of para-hydroxylation sites is 1. The topological polar surface area (TPSA) is 80.3 Å². The Kier molecular flexibility index (Phi) is 10.7. The lowest BCUT2D eigenvalue weighted by atomic mass is 9.84. The molecular formula is C24H39IN6O2. The van der Waals surface area contributed by atoms with Gasteiger partial charge in [0.2, 0.25) is 11.8 Å². The van der Waals surface area contributed by atoms with Gasteiger partial charge in [-0.15, -0.1) is 24.0 Å². The van der Waals surface area contributed by atoms with Gasteiger partial charge in [0.15, 0.2) is 5.96 Å². The number of amides is 2.